The minimum atomic E-state index is -0.863. The van der Waals surface area contributed by atoms with E-state index in [0.717, 1.165) is 11.3 Å². The van der Waals surface area contributed by atoms with Crippen molar-refractivity contribution in [2.24, 2.45) is 0 Å². The van der Waals surface area contributed by atoms with Crippen LogP contribution in [0.2, 0.25) is 0 Å². The van der Waals surface area contributed by atoms with Crippen molar-refractivity contribution < 1.29 is 9.90 Å². The molecule has 1 aromatic rings. The van der Waals surface area contributed by atoms with Crippen LogP contribution in [0.25, 0.3) is 0 Å². The summed E-state index contributed by atoms with van der Waals surface area (Å²) in [6, 6.07) is 6.50. The van der Waals surface area contributed by atoms with Gasteiger partial charge in [-0.05, 0) is 56.5 Å². The fourth-order valence-electron chi connectivity index (χ4n) is 3.41. The molecule has 102 valence electrons. The number of nitrogens with one attached hydrogen (secondary N) is 1. The van der Waals surface area contributed by atoms with E-state index in [2.05, 4.69) is 10.2 Å². The zero-order valence-corrected chi connectivity index (χ0v) is 11.2. The zero-order valence-electron chi connectivity index (χ0n) is 11.2. The highest BCUT2D eigenvalue weighted by molar-refractivity contribution is 5.88. The third-order valence-electron chi connectivity index (χ3n) is 4.42. The lowest BCUT2D eigenvalue weighted by molar-refractivity contribution is 0.0697. The van der Waals surface area contributed by atoms with E-state index >= 15 is 0 Å². The van der Waals surface area contributed by atoms with E-state index < -0.39 is 5.97 Å². The van der Waals surface area contributed by atoms with Gasteiger partial charge in [-0.25, -0.2) is 4.79 Å². The second-order valence-electron chi connectivity index (χ2n) is 5.62. The Kier molecular flexibility index (Phi) is 3.19. The van der Waals surface area contributed by atoms with Gasteiger partial charge in [-0.2, -0.15) is 0 Å². The molecule has 0 saturated carbocycles. The molecule has 2 fully saturated rings. The number of nitrogens with zero attached hydrogens (tertiary/aromatic N) is 1. The van der Waals surface area contributed by atoms with Gasteiger partial charge in [0.2, 0.25) is 0 Å². The Morgan fingerprint density at radius 2 is 2.21 bits per heavy atom. The lowest BCUT2D eigenvalue weighted by atomic mass is 10.0. The molecule has 2 aliphatic rings. The second-order valence-corrected chi connectivity index (χ2v) is 5.62. The van der Waals surface area contributed by atoms with E-state index in [4.69, 9.17) is 5.11 Å². The number of aryl methyl sites for hydroxylation is 1. The molecule has 4 heteroatoms. The molecular weight excluding hydrogens is 240 g/mol. The van der Waals surface area contributed by atoms with Crippen molar-refractivity contribution >= 4 is 11.7 Å². The quantitative estimate of drug-likeness (QED) is 0.876. The van der Waals surface area contributed by atoms with Gasteiger partial charge in [-0.3, -0.25) is 4.90 Å². The first-order valence-electron chi connectivity index (χ1n) is 6.99. The minimum Gasteiger partial charge on any atom is -0.478 e. The third kappa shape index (κ3) is 2.32. The molecule has 19 heavy (non-hydrogen) atoms. The fourth-order valence-corrected chi connectivity index (χ4v) is 3.41. The van der Waals surface area contributed by atoms with Crippen molar-refractivity contribution in [1.82, 2.24) is 4.90 Å². The van der Waals surface area contributed by atoms with Gasteiger partial charge in [0, 0.05) is 24.3 Å². The number of rotatable bonds is 3. The van der Waals surface area contributed by atoms with E-state index in [1.165, 1.54) is 32.4 Å². The number of benzene rings is 1. The van der Waals surface area contributed by atoms with Crippen molar-refractivity contribution in [1.29, 1.82) is 0 Å². The molecule has 1 aromatic carbocycles. The molecule has 3 rings (SSSR count). The summed E-state index contributed by atoms with van der Waals surface area (Å²) in [6.45, 7) is 4.39. The van der Waals surface area contributed by atoms with Crippen molar-refractivity contribution in [3.05, 3.63) is 29.3 Å². The molecule has 0 aliphatic carbocycles. The molecule has 0 bridgehead atoms. The number of carbonyl (C=O) groups is 1. The molecule has 2 aliphatic heterocycles. The standard InChI is InChI=1S/C15H20N2O2/c1-10-9-11(15(18)19)4-5-12(10)16-13-6-8-17-7-2-3-14(13)17/h4-5,9,13-14,16H,2-3,6-8H2,1H3,(H,18,19). The lowest BCUT2D eigenvalue weighted by Crippen LogP contribution is -2.33. The first-order chi connectivity index (χ1) is 9.15. The molecule has 0 spiro atoms. The number of carboxylic acids is 1. The number of anilines is 1. The number of aromatic carboxylic acids is 1. The lowest BCUT2D eigenvalue weighted by Gasteiger charge is -2.23. The highest BCUT2D eigenvalue weighted by Gasteiger charge is 2.37. The Morgan fingerprint density at radius 3 is 2.95 bits per heavy atom. The molecule has 2 unspecified atom stereocenters. The Labute approximate surface area is 113 Å². The fraction of sp³-hybridized carbons (Fsp3) is 0.533. The van der Waals surface area contributed by atoms with Gasteiger partial charge < -0.3 is 10.4 Å². The molecule has 0 radical (unpaired) electrons. The average Bonchev–Trinajstić information content (AvgIpc) is 2.96. The van der Waals surface area contributed by atoms with Gasteiger partial charge in [-0.15, -0.1) is 0 Å². The number of fused-ring (bicyclic) bond motifs is 1. The first kappa shape index (κ1) is 12.5. The molecule has 2 saturated heterocycles. The predicted molar refractivity (Wildman–Crippen MR) is 74.8 cm³/mol. The molecular formula is C15H20N2O2. The summed E-state index contributed by atoms with van der Waals surface area (Å²) < 4.78 is 0. The van der Waals surface area contributed by atoms with E-state index in [1.807, 2.05) is 13.0 Å². The van der Waals surface area contributed by atoms with Crippen LogP contribution in [0.3, 0.4) is 0 Å². The normalized spacial score (nSPS) is 26.4. The van der Waals surface area contributed by atoms with Gasteiger partial charge in [0.25, 0.3) is 0 Å². The van der Waals surface area contributed by atoms with Crippen LogP contribution in [0.4, 0.5) is 5.69 Å². The zero-order chi connectivity index (χ0) is 13.4. The first-order valence-corrected chi connectivity index (χ1v) is 6.99. The second kappa shape index (κ2) is 4.85. The van der Waals surface area contributed by atoms with Gasteiger partial charge in [-0.1, -0.05) is 0 Å². The van der Waals surface area contributed by atoms with Gasteiger partial charge in [0.15, 0.2) is 0 Å². The summed E-state index contributed by atoms with van der Waals surface area (Å²) in [5.74, 6) is -0.863. The topological polar surface area (TPSA) is 52.6 Å². The monoisotopic (exact) mass is 260 g/mol. The maximum atomic E-state index is 10.9. The van der Waals surface area contributed by atoms with Crippen LogP contribution in [0.5, 0.6) is 0 Å². The Balaban J connectivity index is 1.75. The van der Waals surface area contributed by atoms with Crippen LogP contribution in [0.15, 0.2) is 18.2 Å². The number of hydrogen-bond donors (Lipinski definition) is 2. The Hall–Kier alpha value is -1.55. The molecule has 2 N–H and O–H groups in total. The van der Waals surface area contributed by atoms with Gasteiger partial charge in [0.1, 0.15) is 0 Å². The van der Waals surface area contributed by atoms with Crippen molar-refractivity contribution in [2.45, 2.75) is 38.3 Å². The summed E-state index contributed by atoms with van der Waals surface area (Å²) >= 11 is 0. The third-order valence-corrected chi connectivity index (χ3v) is 4.42. The smallest absolute Gasteiger partial charge is 0.335 e. The largest absolute Gasteiger partial charge is 0.478 e. The Bertz CT molecular complexity index is 501. The molecule has 0 amide bonds. The summed E-state index contributed by atoms with van der Waals surface area (Å²) in [5.41, 5.74) is 2.44. The molecule has 2 atom stereocenters. The van der Waals surface area contributed by atoms with Crippen LogP contribution in [0.1, 0.15) is 35.2 Å². The maximum absolute atomic E-state index is 10.9. The van der Waals surface area contributed by atoms with Crippen molar-refractivity contribution in [2.75, 3.05) is 18.4 Å². The van der Waals surface area contributed by atoms with Crippen LogP contribution in [-0.4, -0.2) is 41.1 Å². The maximum Gasteiger partial charge on any atom is 0.335 e. The summed E-state index contributed by atoms with van der Waals surface area (Å²) in [6.07, 6.45) is 3.77. The van der Waals surface area contributed by atoms with E-state index in [9.17, 15) is 4.79 Å². The van der Waals surface area contributed by atoms with E-state index in [1.54, 1.807) is 12.1 Å². The number of hydrogen-bond acceptors (Lipinski definition) is 3. The molecule has 4 nitrogen and oxygen atoms in total. The van der Waals surface area contributed by atoms with Crippen molar-refractivity contribution in [3.63, 3.8) is 0 Å². The molecule has 0 aromatic heterocycles. The summed E-state index contributed by atoms with van der Waals surface area (Å²) in [4.78, 5) is 13.5. The van der Waals surface area contributed by atoms with Crippen LogP contribution in [0, 0.1) is 6.92 Å². The predicted octanol–water partition coefficient (Wildman–Crippen LogP) is 2.34. The van der Waals surface area contributed by atoms with Crippen LogP contribution >= 0.6 is 0 Å². The SMILES string of the molecule is Cc1cc(C(=O)O)ccc1NC1CCN2CCCC12. The highest BCUT2D eigenvalue weighted by Crippen LogP contribution is 2.31. The van der Waals surface area contributed by atoms with Crippen molar-refractivity contribution in [3.8, 4) is 0 Å². The minimum absolute atomic E-state index is 0.358. The highest BCUT2D eigenvalue weighted by atomic mass is 16.4. The average molecular weight is 260 g/mol. The van der Waals surface area contributed by atoms with Crippen LogP contribution in [-0.2, 0) is 0 Å². The summed E-state index contributed by atoms with van der Waals surface area (Å²) in [5, 5.41) is 12.6. The van der Waals surface area contributed by atoms with E-state index in [-0.39, 0.29) is 0 Å². The summed E-state index contributed by atoms with van der Waals surface area (Å²) in [7, 11) is 0. The van der Waals surface area contributed by atoms with Gasteiger partial charge in [0.05, 0.1) is 5.56 Å². The number of carboxylic acid groups (broad SMARTS) is 1. The van der Waals surface area contributed by atoms with Gasteiger partial charge >= 0.3 is 5.97 Å². The van der Waals surface area contributed by atoms with Crippen LogP contribution < -0.4 is 5.32 Å². The Morgan fingerprint density at radius 1 is 1.37 bits per heavy atom. The van der Waals surface area contributed by atoms with E-state index in [0.29, 0.717) is 17.6 Å². The molecule has 2 heterocycles.